The lowest BCUT2D eigenvalue weighted by atomic mass is 9.48. The Bertz CT molecular complexity index is 1370. The van der Waals surface area contributed by atoms with Crippen LogP contribution < -0.4 is 10.1 Å². The quantitative estimate of drug-likeness (QED) is 0.586. The summed E-state index contributed by atoms with van der Waals surface area (Å²) >= 11 is 0. The molecule has 8 rings (SSSR count). The number of amides is 2. The molecule has 1 aromatic heterocycles. The topological polar surface area (TPSA) is 83.8 Å². The molecule has 2 spiro atoms. The lowest BCUT2D eigenvalue weighted by molar-refractivity contribution is -0.181. The van der Waals surface area contributed by atoms with Crippen molar-refractivity contribution in [1.29, 1.82) is 0 Å². The average molecular weight is 462 g/mol. The molecule has 2 N–H and O–H groups in total. The molecule has 34 heavy (non-hydrogen) atoms. The van der Waals surface area contributed by atoms with Gasteiger partial charge in [0.25, 0.3) is 0 Å². The Morgan fingerprint density at radius 2 is 1.94 bits per heavy atom. The number of hydrogen-bond donors (Lipinski definition) is 2. The lowest BCUT2D eigenvalue weighted by Crippen LogP contribution is -2.85. The second kappa shape index (κ2) is 5.64. The Morgan fingerprint density at radius 3 is 2.71 bits per heavy atom. The molecule has 6 heterocycles. The molecule has 5 aliphatic heterocycles. The maximum Gasteiger partial charge on any atom is 0.250 e. The van der Waals surface area contributed by atoms with Crippen molar-refractivity contribution in [3.05, 3.63) is 35.0 Å². The van der Waals surface area contributed by atoms with Crippen LogP contribution in [-0.4, -0.2) is 49.9 Å². The summed E-state index contributed by atoms with van der Waals surface area (Å²) in [7, 11) is 0. The van der Waals surface area contributed by atoms with Crippen LogP contribution in [-0.2, 0) is 15.0 Å². The third-order valence-electron chi connectivity index (χ3n) is 9.69. The molecule has 6 aliphatic rings. The van der Waals surface area contributed by atoms with Crippen molar-refractivity contribution in [2.75, 3.05) is 6.54 Å². The maximum absolute atomic E-state index is 14.1. The molecule has 0 radical (unpaired) electrons. The van der Waals surface area contributed by atoms with Gasteiger partial charge in [0.15, 0.2) is 0 Å². The van der Waals surface area contributed by atoms with E-state index in [1.807, 2.05) is 50.0 Å². The number of hydrogen-bond acceptors (Lipinski definition) is 4. The summed E-state index contributed by atoms with van der Waals surface area (Å²) in [6.45, 7) is 10.9. The van der Waals surface area contributed by atoms with E-state index in [0.717, 1.165) is 34.4 Å². The highest BCUT2D eigenvalue weighted by Crippen LogP contribution is 2.63. The summed E-state index contributed by atoms with van der Waals surface area (Å²) in [6.07, 6.45) is 6.23. The normalized spacial score (nSPS) is 36.0. The molecule has 4 fully saturated rings. The van der Waals surface area contributed by atoms with E-state index in [2.05, 4.69) is 19.2 Å². The van der Waals surface area contributed by atoms with Crippen molar-refractivity contribution in [2.24, 2.45) is 5.92 Å². The predicted molar refractivity (Wildman–Crippen MR) is 127 cm³/mol. The lowest BCUT2D eigenvalue weighted by Gasteiger charge is -2.66. The fourth-order valence-corrected chi connectivity index (χ4v) is 8.14. The van der Waals surface area contributed by atoms with E-state index < -0.39 is 22.1 Å². The zero-order chi connectivity index (χ0) is 24.0. The van der Waals surface area contributed by atoms with Crippen LogP contribution >= 0.6 is 0 Å². The number of ether oxygens (including phenoxy) is 1. The van der Waals surface area contributed by atoms with Crippen LogP contribution in [0.4, 0.5) is 0 Å². The van der Waals surface area contributed by atoms with Gasteiger partial charge in [-0.3, -0.25) is 9.59 Å². The van der Waals surface area contributed by atoms with Crippen LogP contribution in [0, 0.1) is 5.92 Å². The van der Waals surface area contributed by atoms with Crippen LogP contribution in [0.3, 0.4) is 0 Å². The van der Waals surface area contributed by atoms with E-state index >= 15 is 0 Å². The summed E-state index contributed by atoms with van der Waals surface area (Å²) in [5, 5.41) is 15.9. The first kappa shape index (κ1) is 20.4. The SMILES string of the molecule is CC1c2c(n(O)c3c4c(ccc23)OC(C)(C)C=C4)C(C)(C)C2C[C@]34CCCN3C(=O)[C@]12NC4=O. The first-order valence-corrected chi connectivity index (χ1v) is 12.4. The average Bonchev–Trinajstić information content (AvgIpc) is 3.33. The predicted octanol–water partition coefficient (Wildman–Crippen LogP) is 3.71. The van der Waals surface area contributed by atoms with E-state index in [1.54, 1.807) is 0 Å². The fraction of sp³-hybridized carbons (Fsp3) is 0.556. The first-order chi connectivity index (χ1) is 16.0. The third kappa shape index (κ3) is 1.96. The number of piperazine rings is 1. The van der Waals surface area contributed by atoms with E-state index in [-0.39, 0.29) is 23.7 Å². The van der Waals surface area contributed by atoms with Gasteiger partial charge in [-0.25, -0.2) is 0 Å². The number of nitrogens with one attached hydrogen (secondary N) is 1. The molecule has 4 atom stereocenters. The van der Waals surface area contributed by atoms with Gasteiger partial charge < -0.3 is 20.2 Å². The van der Waals surface area contributed by atoms with E-state index in [4.69, 9.17) is 4.74 Å². The molecule has 2 unspecified atom stereocenters. The van der Waals surface area contributed by atoms with Gasteiger partial charge in [-0.2, -0.15) is 4.73 Å². The van der Waals surface area contributed by atoms with E-state index in [9.17, 15) is 14.8 Å². The first-order valence-electron chi connectivity index (χ1n) is 12.4. The minimum atomic E-state index is -1.00. The Hall–Kier alpha value is -2.96. The number of carbonyl (C=O) groups is 2. The number of nitrogens with zero attached hydrogens (tertiary/aromatic N) is 2. The van der Waals surface area contributed by atoms with Crippen LogP contribution in [0.15, 0.2) is 18.2 Å². The molecule has 178 valence electrons. The number of aromatic nitrogens is 1. The van der Waals surface area contributed by atoms with Gasteiger partial charge in [0.05, 0.1) is 11.2 Å². The maximum atomic E-state index is 14.1. The van der Waals surface area contributed by atoms with Crippen molar-refractivity contribution < 1.29 is 19.5 Å². The molecular weight excluding hydrogens is 430 g/mol. The highest BCUT2D eigenvalue weighted by atomic mass is 16.5. The van der Waals surface area contributed by atoms with Crippen LogP contribution in [0.2, 0.25) is 0 Å². The number of piperidine rings is 2. The summed E-state index contributed by atoms with van der Waals surface area (Å²) in [4.78, 5) is 29.5. The molecule has 7 nitrogen and oxygen atoms in total. The van der Waals surface area contributed by atoms with Crippen molar-refractivity contribution >= 4 is 28.8 Å². The van der Waals surface area contributed by atoms with Crippen molar-refractivity contribution in [2.45, 2.75) is 81.9 Å². The molecule has 2 bridgehead atoms. The summed E-state index contributed by atoms with van der Waals surface area (Å²) in [5.74, 6) is 0.383. The molecule has 0 saturated carbocycles. The molecule has 2 amide bonds. The summed E-state index contributed by atoms with van der Waals surface area (Å²) < 4.78 is 7.53. The number of fused-ring (bicyclic) bond motifs is 6. The molecular formula is C27H31N3O4. The smallest absolute Gasteiger partial charge is 0.250 e. The van der Waals surface area contributed by atoms with Crippen LogP contribution in [0.1, 0.15) is 76.6 Å². The third-order valence-corrected chi connectivity index (χ3v) is 9.69. The highest BCUT2D eigenvalue weighted by Gasteiger charge is 2.75. The van der Waals surface area contributed by atoms with Crippen molar-refractivity contribution in [3.8, 4) is 5.75 Å². The number of carbonyl (C=O) groups excluding carboxylic acids is 2. The Morgan fingerprint density at radius 1 is 1.18 bits per heavy atom. The zero-order valence-corrected chi connectivity index (χ0v) is 20.4. The zero-order valence-electron chi connectivity index (χ0n) is 20.4. The second-order valence-electron chi connectivity index (χ2n) is 12.1. The Kier molecular flexibility index (Phi) is 3.38. The largest absolute Gasteiger partial charge is 0.483 e. The van der Waals surface area contributed by atoms with Gasteiger partial charge in [-0.05, 0) is 63.0 Å². The molecule has 4 saturated heterocycles. The van der Waals surface area contributed by atoms with Crippen LogP contribution in [0.5, 0.6) is 5.75 Å². The summed E-state index contributed by atoms with van der Waals surface area (Å²) in [5.41, 5.74) is 0.632. The van der Waals surface area contributed by atoms with Gasteiger partial charge >= 0.3 is 0 Å². The second-order valence-corrected chi connectivity index (χ2v) is 12.1. The van der Waals surface area contributed by atoms with Crippen molar-refractivity contribution in [3.63, 3.8) is 0 Å². The Labute approximate surface area is 198 Å². The van der Waals surface area contributed by atoms with Gasteiger partial charge in [0.2, 0.25) is 11.8 Å². The highest BCUT2D eigenvalue weighted by molar-refractivity contribution is 6.07. The monoisotopic (exact) mass is 461 g/mol. The minimum Gasteiger partial charge on any atom is -0.483 e. The van der Waals surface area contributed by atoms with Gasteiger partial charge in [0, 0.05) is 34.7 Å². The van der Waals surface area contributed by atoms with Gasteiger partial charge in [-0.15, -0.1) is 0 Å². The van der Waals surface area contributed by atoms with Crippen molar-refractivity contribution in [1.82, 2.24) is 14.9 Å². The fourth-order valence-electron chi connectivity index (χ4n) is 8.14. The minimum absolute atomic E-state index is 0.00405. The van der Waals surface area contributed by atoms with Crippen LogP contribution in [0.25, 0.3) is 17.0 Å². The number of benzene rings is 1. The number of rotatable bonds is 0. The van der Waals surface area contributed by atoms with Gasteiger partial charge in [-0.1, -0.05) is 20.8 Å². The van der Waals surface area contributed by atoms with E-state index in [1.165, 1.54) is 4.73 Å². The molecule has 1 aliphatic carbocycles. The van der Waals surface area contributed by atoms with E-state index in [0.29, 0.717) is 24.9 Å². The summed E-state index contributed by atoms with van der Waals surface area (Å²) in [6, 6.07) is 3.96. The standard InChI is InChI=1S/C27H31N3O4/c1-14-19-16-7-8-17-15(9-11-24(2,3)34-17)20(16)30(33)21(19)25(4,5)18-13-26-10-6-12-29(26)23(32)27(14,18)28-22(26)31/h7-9,11,14,18,33H,6,10,12-13H2,1-5H3,(H,28,31)/t14?,18?,26-,27-/m0/s1. The molecule has 7 heteroatoms. The Balaban J connectivity index is 1.53. The molecule has 1 aromatic carbocycles. The molecule has 2 aromatic rings. The van der Waals surface area contributed by atoms with Gasteiger partial charge in [0.1, 0.15) is 22.4 Å².